The average molecular weight is 499 g/mol. The number of aliphatic hydroxyl groups is 1. The predicted molar refractivity (Wildman–Crippen MR) is 124 cm³/mol. The highest BCUT2D eigenvalue weighted by molar-refractivity contribution is 14.0. The molecule has 2 rings (SSSR count). The van der Waals surface area contributed by atoms with E-state index in [0.29, 0.717) is 24.6 Å². The van der Waals surface area contributed by atoms with Gasteiger partial charge in [0.15, 0.2) is 17.5 Å². The molecule has 0 aliphatic rings. The number of ether oxygens (including phenoxy) is 2. The second kappa shape index (κ2) is 13.2. The summed E-state index contributed by atoms with van der Waals surface area (Å²) in [4.78, 5) is 4.64. The molecule has 0 radical (unpaired) electrons. The number of halogens is 1. The number of methoxy groups -OCH3 is 1. The van der Waals surface area contributed by atoms with E-state index in [9.17, 15) is 0 Å². The maximum atomic E-state index is 8.89. The van der Waals surface area contributed by atoms with Gasteiger partial charge in [-0.05, 0) is 37.1 Å². The van der Waals surface area contributed by atoms with E-state index in [2.05, 4.69) is 46.8 Å². The lowest BCUT2D eigenvalue weighted by Crippen LogP contribution is -2.36. The number of benzene rings is 2. The van der Waals surface area contributed by atoms with Crippen molar-refractivity contribution in [3.63, 3.8) is 0 Å². The summed E-state index contributed by atoms with van der Waals surface area (Å²) in [6, 6.07) is 14.1. The average Bonchev–Trinajstić information content (AvgIpc) is 2.70. The van der Waals surface area contributed by atoms with Crippen LogP contribution in [0.3, 0.4) is 0 Å². The molecule has 2 aromatic rings. The van der Waals surface area contributed by atoms with Gasteiger partial charge in [0, 0.05) is 13.1 Å². The minimum absolute atomic E-state index is 0. The Morgan fingerprint density at radius 3 is 2.39 bits per heavy atom. The summed E-state index contributed by atoms with van der Waals surface area (Å²) in [5, 5.41) is 15.5. The molecule has 2 aromatic carbocycles. The molecule has 6 nitrogen and oxygen atoms in total. The van der Waals surface area contributed by atoms with Gasteiger partial charge in [-0.1, -0.05) is 35.9 Å². The Kier molecular flexibility index (Phi) is 11.4. The van der Waals surface area contributed by atoms with E-state index in [1.165, 1.54) is 11.1 Å². The fraction of sp³-hybridized carbons (Fsp3) is 0.381. The Morgan fingerprint density at radius 1 is 1.04 bits per heavy atom. The number of aryl methyl sites for hydroxylation is 1. The minimum Gasteiger partial charge on any atom is -0.493 e. The van der Waals surface area contributed by atoms with Crippen molar-refractivity contribution < 1.29 is 14.6 Å². The lowest BCUT2D eigenvalue weighted by atomic mass is 10.1. The lowest BCUT2D eigenvalue weighted by molar-refractivity contribution is 0.196. The van der Waals surface area contributed by atoms with Crippen molar-refractivity contribution in [1.82, 2.24) is 10.6 Å². The van der Waals surface area contributed by atoms with Gasteiger partial charge in [-0.25, -0.2) is 4.99 Å². The van der Waals surface area contributed by atoms with Crippen LogP contribution in [0.2, 0.25) is 0 Å². The highest BCUT2D eigenvalue weighted by atomic mass is 127. The normalized spacial score (nSPS) is 10.8. The molecule has 154 valence electrons. The van der Waals surface area contributed by atoms with Crippen LogP contribution < -0.4 is 20.1 Å². The van der Waals surface area contributed by atoms with Crippen molar-refractivity contribution in [1.29, 1.82) is 0 Å². The third-order valence-corrected chi connectivity index (χ3v) is 3.92. The first kappa shape index (κ1) is 24.0. The number of nitrogens with one attached hydrogen (secondary N) is 2. The summed E-state index contributed by atoms with van der Waals surface area (Å²) in [6.07, 6.45) is 0. The molecule has 0 amide bonds. The van der Waals surface area contributed by atoms with Gasteiger partial charge in [0.25, 0.3) is 0 Å². The summed E-state index contributed by atoms with van der Waals surface area (Å²) in [6.45, 7) is 6.34. The van der Waals surface area contributed by atoms with Gasteiger partial charge in [0.2, 0.25) is 0 Å². The van der Waals surface area contributed by atoms with Crippen LogP contribution in [0.25, 0.3) is 0 Å². The number of hydrogen-bond donors (Lipinski definition) is 3. The second-order valence-corrected chi connectivity index (χ2v) is 6.09. The van der Waals surface area contributed by atoms with Gasteiger partial charge in [-0.15, -0.1) is 24.0 Å². The number of aliphatic hydroxyl groups excluding tert-OH is 1. The van der Waals surface area contributed by atoms with Crippen LogP contribution in [-0.2, 0) is 13.1 Å². The van der Waals surface area contributed by atoms with Crippen molar-refractivity contribution >= 4 is 29.9 Å². The zero-order valence-electron chi connectivity index (χ0n) is 16.7. The van der Waals surface area contributed by atoms with E-state index in [4.69, 9.17) is 14.6 Å². The van der Waals surface area contributed by atoms with E-state index in [1.54, 1.807) is 7.11 Å². The first-order chi connectivity index (χ1) is 13.2. The van der Waals surface area contributed by atoms with Gasteiger partial charge in [0.1, 0.15) is 6.61 Å². The van der Waals surface area contributed by atoms with E-state index < -0.39 is 0 Å². The summed E-state index contributed by atoms with van der Waals surface area (Å²) in [5.41, 5.74) is 3.47. The Balaban J connectivity index is 0.00000392. The van der Waals surface area contributed by atoms with Crippen molar-refractivity contribution in [2.75, 3.05) is 26.9 Å². The standard InChI is InChI=1S/C21H29N3O3.HI/c1-4-22-21(23-14-17-7-5-16(2)6-8-17)24-15-18-9-10-19(27-12-11-25)20(13-18)26-3;/h5-10,13,25H,4,11-12,14-15H2,1-3H3,(H2,22,23,24);1H. The zero-order chi connectivity index (χ0) is 19.5. The van der Waals surface area contributed by atoms with Crippen LogP contribution >= 0.6 is 24.0 Å². The SMILES string of the molecule is CCNC(=NCc1ccc(OCCO)c(OC)c1)NCc1ccc(C)cc1.I. The number of aliphatic imine (C=N–C) groups is 1. The summed E-state index contributed by atoms with van der Waals surface area (Å²) >= 11 is 0. The Bertz CT molecular complexity index is 736. The minimum atomic E-state index is -0.0338. The maximum absolute atomic E-state index is 8.89. The number of hydrogen-bond acceptors (Lipinski definition) is 4. The van der Waals surface area contributed by atoms with E-state index in [-0.39, 0.29) is 37.2 Å². The summed E-state index contributed by atoms with van der Waals surface area (Å²) in [7, 11) is 1.60. The van der Waals surface area contributed by atoms with Gasteiger partial charge >= 0.3 is 0 Å². The van der Waals surface area contributed by atoms with Crippen molar-refractivity contribution in [2.45, 2.75) is 26.9 Å². The molecule has 0 saturated heterocycles. The third-order valence-electron chi connectivity index (χ3n) is 3.92. The highest BCUT2D eigenvalue weighted by Crippen LogP contribution is 2.28. The molecule has 0 saturated carbocycles. The molecule has 0 aliphatic heterocycles. The summed E-state index contributed by atoms with van der Waals surface area (Å²) < 4.78 is 10.8. The Labute approximate surface area is 184 Å². The van der Waals surface area contributed by atoms with E-state index >= 15 is 0 Å². The highest BCUT2D eigenvalue weighted by Gasteiger charge is 2.06. The van der Waals surface area contributed by atoms with Crippen LogP contribution in [0, 0.1) is 6.92 Å². The number of rotatable bonds is 9. The topological polar surface area (TPSA) is 75.1 Å². The molecule has 0 atom stereocenters. The van der Waals surface area contributed by atoms with Crippen LogP contribution in [0.4, 0.5) is 0 Å². The molecular weight excluding hydrogens is 469 g/mol. The Hall–Kier alpha value is -2.00. The monoisotopic (exact) mass is 499 g/mol. The molecule has 0 fully saturated rings. The fourth-order valence-electron chi connectivity index (χ4n) is 2.49. The fourth-order valence-corrected chi connectivity index (χ4v) is 2.49. The first-order valence-corrected chi connectivity index (χ1v) is 9.14. The largest absolute Gasteiger partial charge is 0.493 e. The van der Waals surface area contributed by atoms with Crippen molar-refractivity contribution in [2.24, 2.45) is 4.99 Å². The molecule has 0 unspecified atom stereocenters. The maximum Gasteiger partial charge on any atom is 0.191 e. The molecule has 0 aliphatic carbocycles. The molecule has 0 heterocycles. The smallest absolute Gasteiger partial charge is 0.191 e. The van der Waals surface area contributed by atoms with E-state index in [0.717, 1.165) is 18.1 Å². The zero-order valence-corrected chi connectivity index (χ0v) is 19.0. The van der Waals surface area contributed by atoms with Crippen LogP contribution in [-0.4, -0.2) is 37.9 Å². The molecule has 7 heteroatoms. The number of guanidine groups is 1. The van der Waals surface area contributed by atoms with Crippen LogP contribution in [0.1, 0.15) is 23.6 Å². The van der Waals surface area contributed by atoms with Crippen LogP contribution in [0.15, 0.2) is 47.5 Å². The third kappa shape index (κ3) is 7.93. The van der Waals surface area contributed by atoms with Gasteiger partial charge in [-0.3, -0.25) is 0 Å². The van der Waals surface area contributed by atoms with Crippen molar-refractivity contribution in [3.8, 4) is 11.5 Å². The van der Waals surface area contributed by atoms with Crippen molar-refractivity contribution in [3.05, 3.63) is 59.2 Å². The number of nitrogens with zero attached hydrogens (tertiary/aromatic N) is 1. The molecule has 28 heavy (non-hydrogen) atoms. The Morgan fingerprint density at radius 2 is 1.75 bits per heavy atom. The summed E-state index contributed by atoms with van der Waals surface area (Å²) in [5.74, 6) is 2.01. The molecular formula is C21H30IN3O3. The van der Waals surface area contributed by atoms with E-state index in [1.807, 2.05) is 25.1 Å². The predicted octanol–water partition coefficient (Wildman–Crippen LogP) is 3.25. The van der Waals surface area contributed by atoms with Crippen LogP contribution in [0.5, 0.6) is 11.5 Å². The quantitative estimate of drug-likeness (QED) is 0.281. The molecule has 3 N–H and O–H groups in total. The van der Waals surface area contributed by atoms with Gasteiger partial charge in [-0.2, -0.15) is 0 Å². The molecule has 0 bridgehead atoms. The van der Waals surface area contributed by atoms with Gasteiger partial charge < -0.3 is 25.2 Å². The molecule has 0 aromatic heterocycles. The van der Waals surface area contributed by atoms with Gasteiger partial charge in [0.05, 0.1) is 20.3 Å². The molecule has 0 spiro atoms. The lowest BCUT2D eigenvalue weighted by Gasteiger charge is -2.13. The second-order valence-electron chi connectivity index (χ2n) is 6.09. The first-order valence-electron chi connectivity index (χ1n) is 9.14.